The van der Waals surface area contributed by atoms with Crippen LogP contribution in [0.1, 0.15) is 31.8 Å². The summed E-state index contributed by atoms with van der Waals surface area (Å²) >= 11 is 0. The Morgan fingerprint density at radius 2 is 1.54 bits per heavy atom. The van der Waals surface area contributed by atoms with Crippen LogP contribution in [0.25, 0.3) is 17.2 Å². The third-order valence-corrected chi connectivity index (χ3v) is 6.11. The highest BCUT2D eigenvalue weighted by Crippen LogP contribution is 2.33. The van der Waals surface area contributed by atoms with E-state index < -0.39 is 18.1 Å². The number of carbonyl (C=O) groups is 2. The van der Waals surface area contributed by atoms with E-state index in [0.717, 1.165) is 42.0 Å². The summed E-state index contributed by atoms with van der Waals surface area (Å²) in [7, 11) is 1.15. The fourth-order valence-electron chi connectivity index (χ4n) is 4.11. The standard InChI is InChI=1S/C31H25F3N2O5/c1-18-24(20-6-9-22(35)10-7-20)13-14-25(36)29(18)26(37)15-5-19-3-11-23(12-4-19)40-30(38)21-8-16-27(28(17-21)39-2)41-31(32,33)34/h3-17H,35-36H2,1-2H3/b15-5+. The maximum atomic E-state index is 13.1. The summed E-state index contributed by atoms with van der Waals surface area (Å²) in [5.74, 6) is -1.77. The van der Waals surface area contributed by atoms with E-state index in [1.807, 2.05) is 25.1 Å². The Bertz CT molecular complexity index is 1610. The molecule has 0 fully saturated rings. The van der Waals surface area contributed by atoms with Gasteiger partial charge >= 0.3 is 12.3 Å². The Labute approximate surface area is 233 Å². The van der Waals surface area contributed by atoms with Crippen LogP contribution in [-0.4, -0.2) is 25.2 Å². The third kappa shape index (κ3) is 7.04. The summed E-state index contributed by atoms with van der Waals surface area (Å²) in [5, 5.41) is 0. The van der Waals surface area contributed by atoms with Crippen LogP contribution in [0.15, 0.2) is 84.9 Å². The molecule has 0 saturated heterocycles. The van der Waals surface area contributed by atoms with E-state index in [-0.39, 0.29) is 22.8 Å². The maximum Gasteiger partial charge on any atom is 0.573 e. The Morgan fingerprint density at radius 3 is 2.17 bits per heavy atom. The molecule has 0 saturated carbocycles. The van der Waals surface area contributed by atoms with Crippen molar-refractivity contribution in [1.82, 2.24) is 0 Å². The second-order valence-corrected chi connectivity index (χ2v) is 8.89. The molecule has 4 aromatic rings. The zero-order valence-corrected chi connectivity index (χ0v) is 22.0. The number of benzene rings is 4. The van der Waals surface area contributed by atoms with E-state index >= 15 is 0 Å². The lowest BCUT2D eigenvalue weighted by Crippen LogP contribution is -2.18. The lowest BCUT2D eigenvalue weighted by atomic mass is 9.93. The molecule has 0 radical (unpaired) electrons. The van der Waals surface area contributed by atoms with Gasteiger partial charge < -0.3 is 25.7 Å². The average Bonchev–Trinajstić information content (AvgIpc) is 2.93. The van der Waals surface area contributed by atoms with Crippen LogP contribution in [0.3, 0.4) is 0 Å². The van der Waals surface area contributed by atoms with E-state index in [0.29, 0.717) is 22.5 Å². The SMILES string of the molecule is COc1cc(C(=O)Oc2ccc(/C=C/C(=O)c3c(N)ccc(-c4ccc(N)cc4)c3C)cc2)ccc1OC(F)(F)F. The van der Waals surface area contributed by atoms with Crippen molar-refractivity contribution in [1.29, 1.82) is 0 Å². The topological polar surface area (TPSA) is 114 Å². The van der Waals surface area contributed by atoms with Crippen LogP contribution in [0.2, 0.25) is 0 Å². The Balaban J connectivity index is 1.46. The summed E-state index contributed by atoms with van der Waals surface area (Å²) in [6, 6.07) is 20.3. The van der Waals surface area contributed by atoms with Gasteiger partial charge in [0.15, 0.2) is 17.3 Å². The van der Waals surface area contributed by atoms with Crippen LogP contribution >= 0.6 is 0 Å². The minimum Gasteiger partial charge on any atom is -0.493 e. The molecule has 7 nitrogen and oxygen atoms in total. The first-order valence-corrected chi connectivity index (χ1v) is 12.2. The Hall–Kier alpha value is -5.25. The molecule has 0 unspecified atom stereocenters. The first-order chi connectivity index (χ1) is 19.4. The number of hydrogen-bond donors (Lipinski definition) is 2. The molecule has 0 bridgehead atoms. The maximum absolute atomic E-state index is 13.1. The largest absolute Gasteiger partial charge is 0.573 e. The van der Waals surface area contributed by atoms with Gasteiger partial charge in [-0.3, -0.25) is 4.79 Å². The number of allylic oxidation sites excluding steroid dienone is 1. The molecule has 0 spiro atoms. The predicted octanol–water partition coefficient (Wildman–Crippen LogP) is 6.85. The first-order valence-electron chi connectivity index (χ1n) is 12.2. The zero-order chi connectivity index (χ0) is 29.7. The minimum absolute atomic E-state index is 0.0416. The smallest absolute Gasteiger partial charge is 0.493 e. The molecule has 4 rings (SSSR count). The molecule has 41 heavy (non-hydrogen) atoms. The molecule has 4 aromatic carbocycles. The van der Waals surface area contributed by atoms with Crippen LogP contribution in [0.5, 0.6) is 17.2 Å². The molecule has 0 aliphatic carbocycles. The van der Waals surface area contributed by atoms with E-state index in [2.05, 4.69) is 4.74 Å². The van der Waals surface area contributed by atoms with Gasteiger partial charge in [0, 0.05) is 16.9 Å². The van der Waals surface area contributed by atoms with Crippen LogP contribution < -0.4 is 25.7 Å². The monoisotopic (exact) mass is 562 g/mol. The fraction of sp³-hybridized carbons (Fsp3) is 0.0968. The predicted molar refractivity (Wildman–Crippen MR) is 150 cm³/mol. The highest BCUT2D eigenvalue weighted by Gasteiger charge is 2.32. The van der Waals surface area contributed by atoms with Crippen molar-refractivity contribution in [3.8, 4) is 28.4 Å². The van der Waals surface area contributed by atoms with Gasteiger partial charge in [-0.1, -0.05) is 36.4 Å². The number of nitrogens with two attached hydrogens (primary N) is 2. The van der Waals surface area contributed by atoms with Crippen LogP contribution in [0, 0.1) is 6.92 Å². The molecule has 10 heteroatoms. The third-order valence-electron chi connectivity index (χ3n) is 6.11. The van der Waals surface area contributed by atoms with Crippen molar-refractivity contribution in [2.75, 3.05) is 18.6 Å². The number of ether oxygens (including phenoxy) is 3. The minimum atomic E-state index is -4.91. The van der Waals surface area contributed by atoms with Gasteiger partial charge in [0.1, 0.15) is 5.75 Å². The van der Waals surface area contributed by atoms with Crippen molar-refractivity contribution in [3.05, 3.63) is 107 Å². The van der Waals surface area contributed by atoms with E-state index in [1.54, 1.807) is 36.4 Å². The zero-order valence-electron chi connectivity index (χ0n) is 22.0. The number of rotatable bonds is 8. The van der Waals surface area contributed by atoms with Crippen molar-refractivity contribution >= 4 is 29.2 Å². The summed E-state index contributed by atoms with van der Waals surface area (Å²) in [4.78, 5) is 25.6. The number of carbonyl (C=O) groups excluding carboxylic acids is 2. The molecular weight excluding hydrogens is 537 g/mol. The molecule has 0 atom stereocenters. The van der Waals surface area contributed by atoms with E-state index in [4.69, 9.17) is 20.9 Å². The molecule has 210 valence electrons. The molecule has 0 heterocycles. The Kier molecular flexibility index (Phi) is 8.32. The molecule has 0 aliphatic heterocycles. The van der Waals surface area contributed by atoms with E-state index in [9.17, 15) is 22.8 Å². The lowest BCUT2D eigenvalue weighted by molar-refractivity contribution is -0.275. The number of ketones is 1. The lowest BCUT2D eigenvalue weighted by Gasteiger charge is -2.13. The van der Waals surface area contributed by atoms with Crippen molar-refractivity contribution in [2.45, 2.75) is 13.3 Å². The van der Waals surface area contributed by atoms with E-state index in [1.165, 1.54) is 18.2 Å². The highest BCUT2D eigenvalue weighted by molar-refractivity contribution is 6.12. The molecule has 0 aliphatic rings. The normalized spacial score (nSPS) is 11.3. The van der Waals surface area contributed by atoms with Gasteiger partial charge in [-0.2, -0.15) is 0 Å². The number of hydrogen-bond acceptors (Lipinski definition) is 7. The van der Waals surface area contributed by atoms with Gasteiger partial charge in [0.25, 0.3) is 0 Å². The van der Waals surface area contributed by atoms with Gasteiger partial charge in [-0.25, -0.2) is 4.79 Å². The molecule has 0 aromatic heterocycles. The quantitative estimate of drug-likeness (QED) is 0.0794. The molecule has 0 amide bonds. The first kappa shape index (κ1) is 28.8. The number of nitrogen functional groups attached to an aromatic ring is 2. The summed E-state index contributed by atoms with van der Waals surface area (Å²) in [5.41, 5.74) is 16.4. The van der Waals surface area contributed by atoms with Crippen LogP contribution in [-0.2, 0) is 0 Å². The van der Waals surface area contributed by atoms with Gasteiger partial charge in [-0.15, -0.1) is 13.2 Å². The molecule has 4 N–H and O–H groups in total. The van der Waals surface area contributed by atoms with Crippen LogP contribution in [0.4, 0.5) is 24.5 Å². The number of halogens is 3. The van der Waals surface area contributed by atoms with Crippen molar-refractivity contribution in [2.24, 2.45) is 0 Å². The van der Waals surface area contributed by atoms with Gasteiger partial charge in [-0.05, 0) is 83.8 Å². The number of alkyl halides is 3. The summed E-state index contributed by atoms with van der Waals surface area (Å²) in [6.45, 7) is 1.83. The molecular formula is C31H25F3N2O5. The second-order valence-electron chi connectivity index (χ2n) is 8.89. The second kappa shape index (κ2) is 11.9. The number of anilines is 2. The van der Waals surface area contributed by atoms with Gasteiger partial charge in [0.2, 0.25) is 0 Å². The summed E-state index contributed by atoms with van der Waals surface area (Å²) < 4.78 is 51.7. The van der Waals surface area contributed by atoms with Gasteiger partial charge in [0.05, 0.1) is 12.7 Å². The number of esters is 1. The van der Waals surface area contributed by atoms with Crippen molar-refractivity contribution < 1.29 is 37.0 Å². The Morgan fingerprint density at radius 1 is 0.854 bits per heavy atom. The number of methoxy groups -OCH3 is 1. The summed E-state index contributed by atoms with van der Waals surface area (Å²) in [6.07, 6.45) is -1.90. The highest BCUT2D eigenvalue weighted by atomic mass is 19.4. The van der Waals surface area contributed by atoms with Crippen molar-refractivity contribution in [3.63, 3.8) is 0 Å². The average molecular weight is 563 g/mol. The fourth-order valence-corrected chi connectivity index (χ4v) is 4.11.